The number of hydrogen-bond donors (Lipinski definition) is 0. The highest BCUT2D eigenvalue weighted by Gasteiger charge is 2.36. The summed E-state index contributed by atoms with van der Waals surface area (Å²) in [6, 6.07) is 22.5. The standard InChI is InChI=1S/C28H25N3O4S/c1-35-17-7-15-30-26(33)21-13-12-20(18-22(21)27(30)34)25(32)31(16-14-19-8-3-2-4-9-19)28-29-23-10-5-6-11-24(23)36-28/h2-6,8-13,18H,7,14-17H2,1H3. The van der Waals surface area contributed by atoms with Crippen LogP contribution in [-0.4, -0.2) is 54.4 Å². The number of rotatable bonds is 9. The Hall–Kier alpha value is -3.88. The molecule has 36 heavy (non-hydrogen) atoms. The zero-order valence-electron chi connectivity index (χ0n) is 19.8. The monoisotopic (exact) mass is 499 g/mol. The van der Waals surface area contributed by atoms with Crippen LogP contribution in [-0.2, 0) is 11.2 Å². The molecule has 1 aliphatic rings. The van der Waals surface area contributed by atoms with E-state index in [4.69, 9.17) is 9.72 Å². The number of methoxy groups -OCH3 is 1. The molecule has 0 radical (unpaired) electrons. The zero-order chi connectivity index (χ0) is 25.1. The summed E-state index contributed by atoms with van der Waals surface area (Å²) < 4.78 is 6.03. The van der Waals surface area contributed by atoms with E-state index >= 15 is 0 Å². The Bertz CT molecular complexity index is 1400. The Morgan fingerprint density at radius 2 is 1.72 bits per heavy atom. The average Bonchev–Trinajstić information content (AvgIpc) is 3.44. The Morgan fingerprint density at radius 3 is 2.50 bits per heavy atom. The van der Waals surface area contributed by atoms with E-state index in [0.29, 0.717) is 42.3 Å². The van der Waals surface area contributed by atoms with Crippen LogP contribution in [0.15, 0.2) is 72.8 Å². The van der Waals surface area contributed by atoms with Crippen LogP contribution >= 0.6 is 11.3 Å². The van der Waals surface area contributed by atoms with Crippen molar-refractivity contribution in [3.63, 3.8) is 0 Å². The van der Waals surface area contributed by atoms with Gasteiger partial charge in [-0.25, -0.2) is 4.98 Å². The Morgan fingerprint density at radius 1 is 0.972 bits per heavy atom. The van der Waals surface area contributed by atoms with Crippen molar-refractivity contribution < 1.29 is 19.1 Å². The van der Waals surface area contributed by atoms with Crippen LogP contribution in [0.1, 0.15) is 43.1 Å². The fourth-order valence-electron chi connectivity index (χ4n) is 4.29. The average molecular weight is 500 g/mol. The molecule has 0 N–H and O–H groups in total. The van der Waals surface area contributed by atoms with E-state index in [9.17, 15) is 14.4 Å². The fourth-order valence-corrected chi connectivity index (χ4v) is 5.28. The van der Waals surface area contributed by atoms with Gasteiger partial charge >= 0.3 is 0 Å². The molecule has 0 saturated heterocycles. The number of benzene rings is 3. The van der Waals surface area contributed by atoms with E-state index in [1.807, 2.05) is 54.6 Å². The van der Waals surface area contributed by atoms with E-state index in [0.717, 1.165) is 15.8 Å². The van der Waals surface area contributed by atoms with E-state index < -0.39 is 0 Å². The Balaban J connectivity index is 1.45. The van der Waals surface area contributed by atoms with Gasteiger partial charge in [0.25, 0.3) is 17.7 Å². The van der Waals surface area contributed by atoms with Crippen LogP contribution in [0.5, 0.6) is 0 Å². The maximum absolute atomic E-state index is 13.8. The molecule has 0 unspecified atom stereocenters. The summed E-state index contributed by atoms with van der Waals surface area (Å²) in [6.45, 7) is 1.16. The third kappa shape index (κ3) is 4.65. The summed E-state index contributed by atoms with van der Waals surface area (Å²) in [5.74, 6) is -0.973. The van der Waals surface area contributed by atoms with Crippen molar-refractivity contribution in [2.75, 3.05) is 31.7 Å². The first kappa shape index (κ1) is 23.8. The number of fused-ring (bicyclic) bond motifs is 2. The molecule has 3 aromatic carbocycles. The number of imide groups is 1. The minimum absolute atomic E-state index is 0.258. The molecule has 5 rings (SSSR count). The number of carbonyl (C=O) groups excluding carboxylic acids is 3. The molecule has 3 amide bonds. The number of anilines is 1. The maximum atomic E-state index is 13.8. The molecule has 0 saturated carbocycles. The Kier molecular flexibility index (Phi) is 6.88. The molecule has 0 atom stereocenters. The third-order valence-corrected chi connectivity index (χ3v) is 7.23. The minimum atomic E-state index is -0.378. The van der Waals surface area contributed by atoms with Crippen LogP contribution < -0.4 is 4.90 Å². The lowest BCUT2D eigenvalue weighted by molar-refractivity contribution is 0.0638. The first-order valence-electron chi connectivity index (χ1n) is 11.8. The minimum Gasteiger partial charge on any atom is -0.385 e. The van der Waals surface area contributed by atoms with Crippen LogP contribution in [0.2, 0.25) is 0 Å². The van der Waals surface area contributed by atoms with E-state index in [-0.39, 0.29) is 29.8 Å². The van der Waals surface area contributed by atoms with Gasteiger partial charge < -0.3 is 4.74 Å². The summed E-state index contributed by atoms with van der Waals surface area (Å²) in [6.07, 6.45) is 1.21. The SMILES string of the molecule is COCCCN1C(=O)c2ccc(C(=O)N(CCc3ccccc3)c3nc4ccccc4s3)cc2C1=O. The van der Waals surface area contributed by atoms with Gasteiger partial charge in [0.1, 0.15) is 0 Å². The Labute approximate surface area is 212 Å². The molecule has 1 aliphatic heterocycles. The summed E-state index contributed by atoms with van der Waals surface area (Å²) in [7, 11) is 1.58. The number of aromatic nitrogens is 1. The lowest BCUT2D eigenvalue weighted by atomic mass is 10.0. The van der Waals surface area contributed by atoms with Crippen molar-refractivity contribution in [3.05, 3.63) is 95.1 Å². The van der Waals surface area contributed by atoms with Crippen molar-refractivity contribution >= 4 is 44.4 Å². The molecule has 0 fully saturated rings. The number of ether oxygens (including phenoxy) is 1. The van der Waals surface area contributed by atoms with Crippen molar-refractivity contribution in [2.45, 2.75) is 12.8 Å². The van der Waals surface area contributed by atoms with Crippen molar-refractivity contribution in [3.8, 4) is 0 Å². The number of para-hydroxylation sites is 1. The van der Waals surface area contributed by atoms with Gasteiger partial charge in [0, 0.05) is 32.4 Å². The molecule has 8 heteroatoms. The van der Waals surface area contributed by atoms with Crippen molar-refractivity contribution in [2.24, 2.45) is 0 Å². The van der Waals surface area contributed by atoms with E-state index in [1.165, 1.54) is 22.3 Å². The molecule has 0 aliphatic carbocycles. The highest BCUT2D eigenvalue weighted by Crippen LogP contribution is 2.31. The molecular weight excluding hydrogens is 474 g/mol. The lowest BCUT2D eigenvalue weighted by Crippen LogP contribution is -2.33. The van der Waals surface area contributed by atoms with Crippen LogP contribution in [0.4, 0.5) is 5.13 Å². The molecule has 0 bridgehead atoms. The second kappa shape index (κ2) is 10.4. The molecule has 182 valence electrons. The predicted molar refractivity (Wildman–Crippen MR) is 140 cm³/mol. The third-order valence-electron chi connectivity index (χ3n) is 6.17. The number of carbonyl (C=O) groups is 3. The van der Waals surface area contributed by atoms with Crippen molar-refractivity contribution in [1.29, 1.82) is 0 Å². The highest BCUT2D eigenvalue weighted by atomic mass is 32.1. The topological polar surface area (TPSA) is 79.8 Å². The molecule has 4 aromatic rings. The smallest absolute Gasteiger partial charge is 0.261 e. The largest absolute Gasteiger partial charge is 0.385 e. The van der Waals surface area contributed by atoms with Gasteiger partial charge in [0.2, 0.25) is 0 Å². The van der Waals surface area contributed by atoms with Crippen LogP contribution in [0, 0.1) is 0 Å². The number of hydrogen-bond acceptors (Lipinski definition) is 6. The van der Waals surface area contributed by atoms with Crippen LogP contribution in [0.25, 0.3) is 10.2 Å². The van der Waals surface area contributed by atoms with Crippen molar-refractivity contribution in [1.82, 2.24) is 9.88 Å². The van der Waals surface area contributed by atoms with Gasteiger partial charge in [-0.1, -0.05) is 53.8 Å². The first-order chi connectivity index (χ1) is 17.6. The second-order valence-corrected chi connectivity index (χ2v) is 9.53. The predicted octanol–water partition coefficient (Wildman–Crippen LogP) is 4.82. The first-order valence-corrected chi connectivity index (χ1v) is 12.6. The maximum Gasteiger partial charge on any atom is 0.261 e. The van der Waals surface area contributed by atoms with Gasteiger partial charge in [-0.15, -0.1) is 0 Å². The lowest BCUT2D eigenvalue weighted by Gasteiger charge is -2.20. The summed E-state index contributed by atoms with van der Waals surface area (Å²) in [4.78, 5) is 47.1. The summed E-state index contributed by atoms with van der Waals surface area (Å²) >= 11 is 1.45. The number of thiazole rings is 1. The molecular formula is C28H25N3O4S. The van der Waals surface area contributed by atoms with Gasteiger partial charge in [0.15, 0.2) is 5.13 Å². The molecule has 2 heterocycles. The second-order valence-electron chi connectivity index (χ2n) is 8.53. The van der Waals surface area contributed by atoms with Gasteiger partial charge in [-0.3, -0.25) is 24.2 Å². The van der Waals surface area contributed by atoms with Gasteiger partial charge in [0.05, 0.1) is 21.3 Å². The van der Waals surface area contributed by atoms with E-state index in [2.05, 4.69) is 0 Å². The normalized spacial score (nSPS) is 12.9. The summed E-state index contributed by atoms with van der Waals surface area (Å²) in [5, 5.41) is 0.598. The fraction of sp³-hybridized carbons (Fsp3) is 0.214. The highest BCUT2D eigenvalue weighted by molar-refractivity contribution is 7.22. The quantitative estimate of drug-likeness (QED) is 0.244. The molecule has 7 nitrogen and oxygen atoms in total. The van der Waals surface area contributed by atoms with Crippen LogP contribution in [0.3, 0.4) is 0 Å². The molecule has 1 aromatic heterocycles. The van der Waals surface area contributed by atoms with Gasteiger partial charge in [-0.2, -0.15) is 0 Å². The molecule has 0 spiro atoms. The zero-order valence-corrected chi connectivity index (χ0v) is 20.7. The summed E-state index contributed by atoms with van der Waals surface area (Å²) in [5.41, 5.74) is 2.87. The number of amides is 3. The number of nitrogens with zero attached hydrogens (tertiary/aromatic N) is 3. The van der Waals surface area contributed by atoms with Gasteiger partial charge in [-0.05, 0) is 48.7 Å². The van der Waals surface area contributed by atoms with E-state index in [1.54, 1.807) is 24.1 Å².